The first-order valence-corrected chi connectivity index (χ1v) is 7.73. The molecular weight excluding hydrogens is 282 g/mol. The fraction of sp³-hybridized carbons (Fsp3) is 0.143. The summed E-state index contributed by atoms with van der Waals surface area (Å²) in [4.78, 5) is 12.2. The van der Waals surface area contributed by atoms with E-state index in [1.807, 2.05) is 36.4 Å². The van der Waals surface area contributed by atoms with Gasteiger partial charge in [0.1, 0.15) is 5.78 Å². The zero-order valence-electron chi connectivity index (χ0n) is 12.8. The Kier molecular flexibility index (Phi) is 4.49. The Morgan fingerprint density at radius 3 is 2.52 bits per heavy atom. The smallest absolute Gasteiger partial charge is 0.137 e. The topological polar surface area (TPSA) is 40.9 Å². The molecule has 0 fully saturated rings. The van der Waals surface area contributed by atoms with Gasteiger partial charge in [-0.2, -0.15) is 5.26 Å². The lowest BCUT2D eigenvalue weighted by molar-refractivity contribution is -0.118. The average molecular weight is 299 g/mol. The summed E-state index contributed by atoms with van der Waals surface area (Å²) in [5, 5.41) is 11.3. The van der Waals surface area contributed by atoms with Crippen LogP contribution < -0.4 is 0 Å². The highest BCUT2D eigenvalue weighted by atomic mass is 16.1. The van der Waals surface area contributed by atoms with E-state index in [0.29, 0.717) is 24.8 Å². The number of nitriles is 1. The van der Waals surface area contributed by atoms with Crippen molar-refractivity contribution in [2.45, 2.75) is 19.3 Å². The molecule has 0 saturated carbocycles. The van der Waals surface area contributed by atoms with E-state index >= 15 is 0 Å². The molecule has 0 unspecified atom stereocenters. The van der Waals surface area contributed by atoms with Gasteiger partial charge in [-0.1, -0.05) is 54.6 Å². The quantitative estimate of drug-likeness (QED) is 0.698. The maximum atomic E-state index is 12.2. The number of nitrogens with zero attached hydrogens (tertiary/aromatic N) is 1. The molecule has 112 valence electrons. The number of aryl methyl sites for hydroxylation is 1. The summed E-state index contributed by atoms with van der Waals surface area (Å²) >= 11 is 0. The molecule has 3 aromatic carbocycles. The molecule has 0 aliphatic heterocycles. The van der Waals surface area contributed by atoms with Crippen molar-refractivity contribution in [1.82, 2.24) is 0 Å². The average Bonchev–Trinajstić information content (AvgIpc) is 2.60. The van der Waals surface area contributed by atoms with Crippen molar-refractivity contribution in [2.75, 3.05) is 0 Å². The van der Waals surface area contributed by atoms with Gasteiger partial charge in [-0.15, -0.1) is 0 Å². The highest BCUT2D eigenvalue weighted by Gasteiger charge is 2.06. The molecule has 2 nitrogen and oxygen atoms in total. The molecule has 0 atom stereocenters. The van der Waals surface area contributed by atoms with Gasteiger partial charge in [-0.05, 0) is 40.5 Å². The van der Waals surface area contributed by atoms with Crippen LogP contribution in [0.3, 0.4) is 0 Å². The Labute approximate surface area is 136 Å². The molecule has 0 aliphatic rings. The lowest BCUT2D eigenvalue weighted by Crippen LogP contribution is -2.04. The van der Waals surface area contributed by atoms with Crippen LogP contribution in [0.5, 0.6) is 0 Å². The second-order valence-electron chi connectivity index (χ2n) is 5.71. The van der Waals surface area contributed by atoms with E-state index in [0.717, 1.165) is 11.1 Å². The number of benzene rings is 3. The van der Waals surface area contributed by atoms with E-state index < -0.39 is 0 Å². The van der Waals surface area contributed by atoms with Crippen LogP contribution in [0.25, 0.3) is 10.8 Å². The van der Waals surface area contributed by atoms with Gasteiger partial charge in [-0.25, -0.2) is 0 Å². The fourth-order valence-corrected chi connectivity index (χ4v) is 2.74. The van der Waals surface area contributed by atoms with Crippen LogP contribution in [0.1, 0.15) is 23.1 Å². The van der Waals surface area contributed by atoms with Gasteiger partial charge in [0.15, 0.2) is 0 Å². The highest BCUT2D eigenvalue weighted by Crippen LogP contribution is 2.17. The van der Waals surface area contributed by atoms with Crippen molar-refractivity contribution in [3.8, 4) is 6.07 Å². The summed E-state index contributed by atoms with van der Waals surface area (Å²) in [5.41, 5.74) is 2.74. The van der Waals surface area contributed by atoms with E-state index in [1.54, 1.807) is 6.07 Å². The molecule has 0 amide bonds. The third-order valence-electron chi connectivity index (χ3n) is 3.96. The zero-order chi connectivity index (χ0) is 16.1. The van der Waals surface area contributed by atoms with E-state index in [4.69, 9.17) is 5.26 Å². The van der Waals surface area contributed by atoms with Gasteiger partial charge in [0, 0.05) is 12.8 Å². The summed E-state index contributed by atoms with van der Waals surface area (Å²) < 4.78 is 0. The van der Waals surface area contributed by atoms with Crippen molar-refractivity contribution >= 4 is 16.6 Å². The van der Waals surface area contributed by atoms with Crippen molar-refractivity contribution in [1.29, 1.82) is 5.26 Å². The van der Waals surface area contributed by atoms with Crippen molar-refractivity contribution in [2.24, 2.45) is 0 Å². The number of carbonyl (C=O) groups is 1. The van der Waals surface area contributed by atoms with Crippen LogP contribution in [0.2, 0.25) is 0 Å². The van der Waals surface area contributed by atoms with Gasteiger partial charge in [-0.3, -0.25) is 4.79 Å². The minimum atomic E-state index is 0.225. The third kappa shape index (κ3) is 3.84. The Hall–Kier alpha value is -2.92. The Morgan fingerprint density at radius 2 is 1.70 bits per heavy atom. The van der Waals surface area contributed by atoms with Crippen LogP contribution in [0.4, 0.5) is 0 Å². The molecule has 0 aliphatic carbocycles. The van der Waals surface area contributed by atoms with Crippen LogP contribution in [0, 0.1) is 11.3 Å². The summed E-state index contributed by atoms with van der Waals surface area (Å²) in [7, 11) is 0. The first kappa shape index (κ1) is 15.0. The normalized spacial score (nSPS) is 10.4. The van der Waals surface area contributed by atoms with Gasteiger partial charge < -0.3 is 0 Å². The predicted molar refractivity (Wildman–Crippen MR) is 92.1 cm³/mol. The van der Waals surface area contributed by atoms with E-state index in [1.165, 1.54) is 10.8 Å². The molecule has 0 saturated heterocycles. The van der Waals surface area contributed by atoms with Crippen LogP contribution in [0.15, 0.2) is 66.7 Å². The van der Waals surface area contributed by atoms with E-state index in [9.17, 15) is 4.79 Å². The Morgan fingerprint density at radius 1 is 0.870 bits per heavy atom. The minimum absolute atomic E-state index is 0.225. The van der Waals surface area contributed by atoms with Crippen molar-refractivity contribution in [3.63, 3.8) is 0 Å². The van der Waals surface area contributed by atoms with Gasteiger partial charge >= 0.3 is 0 Å². The largest absolute Gasteiger partial charge is 0.299 e. The molecule has 3 rings (SSSR count). The summed E-state index contributed by atoms with van der Waals surface area (Å²) in [6, 6.07) is 23.9. The lowest BCUT2D eigenvalue weighted by Gasteiger charge is -2.04. The zero-order valence-corrected chi connectivity index (χ0v) is 12.8. The standard InChI is InChI=1S/C21H17NO/c22-15-18-5-3-4-16(12-18)9-11-21(23)14-17-8-10-19-6-1-2-7-20(19)13-17/h1-8,10,12-13H,9,11,14H2. The first-order valence-electron chi connectivity index (χ1n) is 7.73. The predicted octanol–water partition coefficient (Wildman–Crippen LogP) is 4.46. The SMILES string of the molecule is N#Cc1cccc(CCC(=O)Cc2ccc3ccccc3c2)c1. The Balaban J connectivity index is 1.63. The molecule has 0 radical (unpaired) electrons. The number of rotatable bonds is 5. The summed E-state index contributed by atoms with van der Waals surface area (Å²) in [6.07, 6.45) is 1.65. The van der Waals surface area contributed by atoms with E-state index in [2.05, 4.69) is 30.3 Å². The molecule has 0 N–H and O–H groups in total. The number of ketones is 1. The highest BCUT2D eigenvalue weighted by molar-refractivity contribution is 5.86. The molecule has 0 spiro atoms. The van der Waals surface area contributed by atoms with Gasteiger partial charge in [0.05, 0.1) is 11.6 Å². The molecule has 0 bridgehead atoms. The number of Topliss-reactive ketones (excluding diaryl/α,β-unsaturated/α-hetero) is 1. The molecule has 2 heteroatoms. The van der Waals surface area contributed by atoms with Crippen LogP contribution in [-0.2, 0) is 17.6 Å². The van der Waals surface area contributed by atoms with E-state index in [-0.39, 0.29) is 5.78 Å². The van der Waals surface area contributed by atoms with Gasteiger partial charge in [0.2, 0.25) is 0 Å². The number of hydrogen-bond acceptors (Lipinski definition) is 2. The number of carbonyl (C=O) groups excluding carboxylic acids is 1. The molecule has 3 aromatic rings. The Bertz CT molecular complexity index is 889. The van der Waals surface area contributed by atoms with Crippen LogP contribution in [-0.4, -0.2) is 5.78 Å². The lowest BCUT2D eigenvalue weighted by atomic mass is 9.99. The van der Waals surface area contributed by atoms with Crippen molar-refractivity contribution in [3.05, 3.63) is 83.4 Å². The third-order valence-corrected chi connectivity index (χ3v) is 3.96. The second-order valence-corrected chi connectivity index (χ2v) is 5.71. The minimum Gasteiger partial charge on any atom is -0.299 e. The summed E-state index contributed by atoms with van der Waals surface area (Å²) in [5.74, 6) is 0.225. The molecule has 0 aromatic heterocycles. The second kappa shape index (κ2) is 6.89. The maximum absolute atomic E-state index is 12.2. The first-order chi connectivity index (χ1) is 11.2. The molecule has 0 heterocycles. The number of fused-ring (bicyclic) bond motifs is 1. The van der Waals surface area contributed by atoms with Gasteiger partial charge in [0.25, 0.3) is 0 Å². The maximum Gasteiger partial charge on any atom is 0.137 e. The van der Waals surface area contributed by atoms with Crippen LogP contribution >= 0.6 is 0 Å². The molecular formula is C21H17NO. The number of hydrogen-bond donors (Lipinski definition) is 0. The monoisotopic (exact) mass is 299 g/mol. The fourth-order valence-electron chi connectivity index (χ4n) is 2.74. The molecule has 23 heavy (non-hydrogen) atoms. The van der Waals surface area contributed by atoms with Crippen molar-refractivity contribution < 1.29 is 4.79 Å². The summed E-state index contributed by atoms with van der Waals surface area (Å²) in [6.45, 7) is 0.